The highest BCUT2D eigenvalue weighted by Gasteiger charge is 2.35. The first-order valence-electron chi connectivity index (χ1n) is 8.03. The van der Waals surface area contributed by atoms with E-state index >= 15 is 0 Å². The SMILES string of the molecule is O=C(c1cccc(C(F)(F)F)c1)N1CCc2sccc2C1c1cccs1. The number of hydrogen-bond acceptors (Lipinski definition) is 3. The van der Waals surface area contributed by atoms with Crippen LogP contribution in [0.5, 0.6) is 0 Å². The minimum Gasteiger partial charge on any atom is -0.326 e. The van der Waals surface area contributed by atoms with Crippen LogP contribution in [-0.4, -0.2) is 17.4 Å². The average Bonchev–Trinajstić information content (AvgIpc) is 3.31. The standard InChI is InChI=1S/C19H14F3NOS2/c20-19(21,22)13-4-1-3-12(11-13)18(24)23-8-6-15-14(7-10-26-15)17(23)16-5-2-9-25-16/h1-5,7,9-11,17H,6,8H2. The van der Waals surface area contributed by atoms with Gasteiger partial charge in [0.1, 0.15) is 0 Å². The highest BCUT2D eigenvalue weighted by molar-refractivity contribution is 7.10. The molecule has 0 fully saturated rings. The first kappa shape index (κ1) is 17.3. The molecule has 0 saturated heterocycles. The second kappa shape index (κ2) is 6.55. The normalized spacial score (nSPS) is 17.2. The minimum atomic E-state index is -4.47. The summed E-state index contributed by atoms with van der Waals surface area (Å²) < 4.78 is 39.0. The number of amides is 1. The molecule has 2 aromatic heterocycles. The van der Waals surface area contributed by atoms with Gasteiger partial charge in [0.05, 0.1) is 11.6 Å². The van der Waals surface area contributed by atoms with Crippen LogP contribution in [0.25, 0.3) is 0 Å². The van der Waals surface area contributed by atoms with Crippen molar-refractivity contribution in [3.8, 4) is 0 Å². The Hall–Kier alpha value is -2.12. The molecule has 3 aromatic rings. The summed E-state index contributed by atoms with van der Waals surface area (Å²) in [6.45, 7) is 0.491. The van der Waals surface area contributed by atoms with Gasteiger partial charge in [-0.3, -0.25) is 4.79 Å². The van der Waals surface area contributed by atoms with Gasteiger partial charge in [-0.15, -0.1) is 22.7 Å². The van der Waals surface area contributed by atoms with Gasteiger partial charge in [-0.25, -0.2) is 0 Å². The Labute approximate surface area is 156 Å². The Bertz CT molecular complexity index is 930. The summed E-state index contributed by atoms with van der Waals surface area (Å²) in [6.07, 6.45) is -3.74. The molecule has 1 aliphatic rings. The first-order chi connectivity index (χ1) is 12.4. The molecule has 4 rings (SSSR count). The van der Waals surface area contributed by atoms with Crippen molar-refractivity contribution >= 4 is 28.6 Å². The van der Waals surface area contributed by atoms with Crippen molar-refractivity contribution in [3.05, 3.63) is 79.7 Å². The van der Waals surface area contributed by atoms with E-state index in [1.807, 2.05) is 29.0 Å². The maximum atomic E-state index is 13.1. The van der Waals surface area contributed by atoms with Gasteiger partial charge in [-0.1, -0.05) is 12.1 Å². The van der Waals surface area contributed by atoms with Crippen LogP contribution in [0.1, 0.15) is 37.3 Å². The van der Waals surface area contributed by atoms with E-state index in [1.54, 1.807) is 27.6 Å². The lowest BCUT2D eigenvalue weighted by molar-refractivity contribution is -0.137. The number of halogens is 3. The largest absolute Gasteiger partial charge is 0.416 e. The summed E-state index contributed by atoms with van der Waals surface area (Å²) >= 11 is 3.21. The molecule has 7 heteroatoms. The fourth-order valence-corrected chi connectivity index (χ4v) is 5.04. The van der Waals surface area contributed by atoms with Crippen LogP contribution in [0.2, 0.25) is 0 Å². The van der Waals surface area contributed by atoms with Crippen molar-refractivity contribution in [2.75, 3.05) is 6.54 Å². The predicted octanol–water partition coefficient (Wildman–Crippen LogP) is 5.62. The highest BCUT2D eigenvalue weighted by atomic mass is 32.1. The maximum Gasteiger partial charge on any atom is 0.416 e. The maximum absolute atomic E-state index is 13.1. The Balaban J connectivity index is 1.74. The van der Waals surface area contributed by atoms with Gasteiger partial charge in [0, 0.05) is 21.9 Å². The van der Waals surface area contributed by atoms with Gasteiger partial charge in [-0.05, 0) is 53.1 Å². The summed E-state index contributed by atoms with van der Waals surface area (Å²) in [5.41, 5.74) is 0.341. The second-order valence-electron chi connectivity index (χ2n) is 6.04. The zero-order valence-electron chi connectivity index (χ0n) is 13.5. The fourth-order valence-electron chi connectivity index (χ4n) is 3.28. The molecule has 0 saturated carbocycles. The van der Waals surface area contributed by atoms with Crippen molar-refractivity contribution < 1.29 is 18.0 Å². The number of thiophene rings is 2. The molecule has 1 aromatic carbocycles. The van der Waals surface area contributed by atoms with Crippen molar-refractivity contribution in [1.29, 1.82) is 0 Å². The number of carbonyl (C=O) groups is 1. The third kappa shape index (κ3) is 3.05. The Morgan fingerprint density at radius 1 is 1.08 bits per heavy atom. The molecule has 2 nitrogen and oxygen atoms in total. The van der Waals surface area contributed by atoms with Gasteiger partial charge in [0.15, 0.2) is 0 Å². The van der Waals surface area contributed by atoms with E-state index < -0.39 is 11.7 Å². The highest BCUT2D eigenvalue weighted by Crippen LogP contribution is 2.40. The fraction of sp³-hybridized carbons (Fsp3) is 0.211. The lowest BCUT2D eigenvalue weighted by Gasteiger charge is -2.35. The molecule has 1 atom stereocenters. The smallest absolute Gasteiger partial charge is 0.326 e. The van der Waals surface area contributed by atoms with Gasteiger partial charge in [0.2, 0.25) is 0 Å². The monoisotopic (exact) mass is 393 g/mol. The van der Waals surface area contributed by atoms with Crippen LogP contribution in [-0.2, 0) is 12.6 Å². The molecule has 1 aliphatic heterocycles. The molecule has 0 bridgehead atoms. The van der Waals surface area contributed by atoms with Crippen LogP contribution in [0.4, 0.5) is 13.2 Å². The third-order valence-corrected chi connectivity index (χ3v) is 6.40. The first-order valence-corrected chi connectivity index (χ1v) is 9.79. The van der Waals surface area contributed by atoms with Gasteiger partial charge >= 0.3 is 6.18 Å². The summed E-state index contributed by atoms with van der Waals surface area (Å²) in [5.74, 6) is -0.369. The number of carbonyl (C=O) groups excluding carboxylic acids is 1. The lowest BCUT2D eigenvalue weighted by atomic mass is 9.97. The molecular formula is C19H14F3NOS2. The van der Waals surface area contributed by atoms with Gasteiger partial charge in [0.25, 0.3) is 5.91 Å². The number of fused-ring (bicyclic) bond motifs is 1. The summed E-state index contributed by atoms with van der Waals surface area (Å²) in [7, 11) is 0. The third-order valence-electron chi connectivity index (χ3n) is 4.48. The number of nitrogens with zero attached hydrogens (tertiary/aromatic N) is 1. The van der Waals surface area contributed by atoms with Crippen LogP contribution in [0.15, 0.2) is 53.2 Å². The zero-order chi connectivity index (χ0) is 18.3. The molecule has 0 aliphatic carbocycles. The molecule has 1 unspecified atom stereocenters. The van der Waals surface area contributed by atoms with E-state index in [9.17, 15) is 18.0 Å². The second-order valence-corrected chi connectivity index (χ2v) is 8.02. The molecule has 0 spiro atoms. The van der Waals surface area contributed by atoms with E-state index in [1.165, 1.54) is 17.0 Å². The van der Waals surface area contributed by atoms with Crippen LogP contribution >= 0.6 is 22.7 Å². The van der Waals surface area contributed by atoms with Crippen LogP contribution < -0.4 is 0 Å². The molecule has 0 radical (unpaired) electrons. The number of hydrogen-bond donors (Lipinski definition) is 0. The van der Waals surface area contributed by atoms with Crippen LogP contribution in [0, 0.1) is 0 Å². The Morgan fingerprint density at radius 2 is 1.92 bits per heavy atom. The van der Waals surface area contributed by atoms with Crippen LogP contribution in [0.3, 0.4) is 0 Å². The average molecular weight is 393 g/mol. The molecule has 0 N–H and O–H groups in total. The summed E-state index contributed by atoms with van der Waals surface area (Å²) in [4.78, 5) is 17.0. The van der Waals surface area contributed by atoms with E-state index in [-0.39, 0.29) is 17.5 Å². The van der Waals surface area contributed by atoms with E-state index in [0.717, 1.165) is 29.0 Å². The molecule has 3 heterocycles. The van der Waals surface area contributed by atoms with Crippen molar-refractivity contribution in [2.45, 2.75) is 18.6 Å². The molecule has 1 amide bonds. The summed E-state index contributed by atoms with van der Waals surface area (Å²) in [5, 5.41) is 3.95. The number of alkyl halides is 3. The lowest BCUT2D eigenvalue weighted by Crippen LogP contribution is -2.39. The minimum absolute atomic E-state index is 0.0695. The van der Waals surface area contributed by atoms with Crippen molar-refractivity contribution in [3.63, 3.8) is 0 Å². The number of benzene rings is 1. The Kier molecular flexibility index (Phi) is 4.36. The van der Waals surface area contributed by atoms with Crippen molar-refractivity contribution in [1.82, 2.24) is 4.90 Å². The molecular weight excluding hydrogens is 379 g/mol. The van der Waals surface area contributed by atoms with E-state index in [0.29, 0.717) is 6.54 Å². The molecule has 26 heavy (non-hydrogen) atoms. The zero-order valence-corrected chi connectivity index (χ0v) is 15.1. The van der Waals surface area contributed by atoms with Gasteiger partial charge in [-0.2, -0.15) is 13.2 Å². The van der Waals surface area contributed by atoms with Crippen molar-refractivity contribution in [2.24, 2.45) is 0 Å². The number of rotatable bonds is 2. The topological polar surface area (TPSA) is 20.3 Å². The van der Waals surface area contributed by atoms with E-state index in [4.69, 9.17) is 0 Å². The Morgan fingerprint density at radius 3 is 2.65 bits per heavy atom. The van der Waals surface area contributed by atoms with E-state index in [2.05, 4.69) is 0 Å². The predicted molar refractivity (Wildman–Crippen MR) is 96.7 cm³/mol. The quantitative estimate of drug-likeness (QED) is 0.554. The van der Waals surface area contributed by atoms with Gasteiger partial charge < -0.3 is 4.90 Å². The molecule has 134 valence electrons. The summed E-state index contributed by atoms with van der Waals surface area (Å²) in [6, 6.07) is 10.3.